The lowest BCUT2D eigenvalue weighted by molar-refractivity contribution is 0.342. The van der Waals surface area contributed by atoms with Crippen LogP contribution in [0.2, 0.25) is 5.02 Å². The number of nitrogens with one attached hydrogen (secondary N) is 2. The zero-order valence-corrected chi connectivity index (χ0v) is 21.2. The monoisotopic (exact) mass is 532 g/mol. The predicted octanol–water partition coefficient (Wildman–Crippen LogP) is 4.38. The van der Waals surface area contributed by atoms with E-state index in [1.165, 1.54) is 6.20 Å². The van der Waals surface area contributed by atoms with Crippen molar-refractivity contribution >= 4 is 55.8 Å². The van der Waals surface area contributed by atoms with Gasteiger partial charge in [0.25, 0.3) is 0 Å². The smallest absolute Gasteiger partial charge is 0.237 e. The lowest BCUT2D eigenvalue weighted by Crippen LogP contribution is -2.15. The summed E-state index contributed by atoms with van der Waals surface area (Å²) in [7, 11) is -3.48. The summed E-state index contributed by atoms with van der Waals surface area (Å²) in [5.74, 6) is 0.573. The molecule has 1 unspecified atom stereocenters. The molecule has 3 rings (SSSR count). The minimum absolute atomic E-state index is 0.00433. The molecule has 1 heterocycles. The second-order valence-corrected chi connectivity index (χ2v) is 9.96. The number of rotatable bonds is 10. The molecule has 9 nitrogen and oxygen atoms in total. The molecule has 0 fully saturated rings. The van der Waals surface area contributed by atoms with Crippen LogP contribution in [0, 0.1) is 11.3 Å². The molecular weight excluding hydrogens is 511 g/mol. The molecule has 1 aromatic heterocycles. The predicted molar refractivity (Wildman–Crippen MR) is 139 cm³/mol. The van der Waals surface area contributed by atoms with E-state index in [2.05, 4.69) is 37.9 Å². The number of sulfonamides is 1. The standard InChI is InChI=1S/C23H22Cl2N6O3S/c1-4-20(15-5-6-21-18(9-15)13-27-23(28-21)31-35(3,32)33)30-29-14(2)16-10-17(12-26)22(19(25)11-16)34-8-7-24/h4-6,9-11,13-14,29H,1,7-8H2,2-3H3,(H,27,28,31)/b30-20+. The average Bonchev–Trinajstić information content (AvgIpc) is 2.82. The van der Waals surface area contributed by atoms with Gasteiger partial charge in [0.1, 0.15) is 12.7 Å². The first-order valence-corrected chi connectivity index (χ1v) is 13.1. The first-order valence-electron chi connectivity index (χ1n) is 10.3. The number of ether oxygens (including phenoxy) is 1. The fourth-order valence-electron chi connectivity index (χ4n) is 3.11. The van der Waals surface area contributed by atoms with Crippen molar-refractivity contribution in [3.8, 4) is 11.8 Å². The van der Waals surface area contributed by atoms with Gasteiger partial charge in [0.15, 0.2) is 5.75 Å². The largest absolute Gasteiger partial charge is 0.489 e. The Morgan fingerprint density at radius 3 is 2.80 bits per heavy atom. The topological polar surface area (TPSA) is 129 Å². The number of benzene rings is 2. The zero-order chi connectivity index (χ0) is 25.6. The quantitative estimate of drug-likeness (QED) is 0.225. The SMILES string of the molecule is C=C/C(=N\NC(C)c1cc(Cl)c(OCCCl)c(C#N)c1)c1ccc2nc(NS(C)(=O)=O)ncc2c1. The Labute approximate surface area is 213 Å². The lowest BCUT2D eigenvalue weighted by Gasteiger charge is -2.16. The van der Waals surface area contributed by atoms with Gasteiger partial charge in [0, 0.05) is 17.1 Å². The zero-order valence-electron chi connectivity index (χ0n) is 18.9. The molecule has 182 valence electrons. The van der Waals surface area contributed by atoms with Crippen molar-refractivity contribution in [3.05, 3.63) is 70.9 Å². The molecule has 0 saturated heterocycles. The van der Waals surface area contributed by atoms with Gasteiger partial charge < -0.3 is 10.2 Å². The fourth-order valence-corrected chi connectivity index (χ4v) is 3.90. The molecular formula is C23H22Cl2N6O3S. The Kier molecular flexibility index (Phi) is 8.51. The van der Waals surface area contributed by atoms with Gasteiger partial charge in [-0.2, -0.15) is 10.4 Å². The van der Waals surface area contributed by atoms with Gasteiger partial charge in [0.05, 0.1) is 40.0 Å². The summed E-state index contributed by atoms with van der Waals surface area (Å²) in [5.41, 5.74) is 5.98. The van der Waals surface area contributed by atoms with E-state index < -0.39 is 10.0 Å². The molecule has 12 heteroatoms. The Morgan fingerprint density at radius 2 is 2.14 bits per heavy atom. The van der Waals surface area contributed by atoms with Crippen LogP contribution in [-0.4, -0.2) is 42.8 Å². The van der Waals surface area contributed by atoms with Crippen LogP contribution in [0.1, 0.15) is 29.7 Å². The van der Waals surface area contributed by atoms with Crippen molar-refractivity contribution in [1.29, 1.82) is 5.26 Å². The maximum Gasteiger partial charge on any atom is 0.237 e. The minimum Gasteiger partial charge on any atom is -0.489 e. The van der Waals surface area contributed by atoms with Crippen molar-refractivity contribution in [2.75, 3.05) is 23.5 Å². The van der Waals surface area contributed by atoms with Crippen LogP contribution in [0.3, 0.4) is 0 Å². The number of nitrogens with zero attached hydrogens (tertiary/aromatic N) is 4. The molecule has 3 aromatic rings. The molecule has 0 amide bonds. The van der Waals surface area contributed by atoms with Gasteiger partial charge in [-0.25, -0.2) is 18.4 Å². The number of anilines is 1. The highest BCUT2D eigenvalue weighted by molar-refractivity contribution is 7.91. The Bertz CT molecular complexity index is 1440. The number of alkyl halides is 1. The van der Waals surface area contributed by atoms with Crippen LogP contribution < -0.4 is 14.9 Å². The molecule has 2 aromatic carbocycles. The number of allylic oxidation sites excluding steroid dienone is 1. The molecule has 1 atom stereocenters. The van der Waals surface area contributed by atoms with E-state index in [-0.39, 0.29) is 24.5 Å². The Hall–Kier alpha value is -3.39. The third-order valence-electron chi connectivity index (χ3n) is 4.73. The molecule has 0 aliphatic carbocycles. The Morgan fingerprint density at radius 1 is 1.37 bits per heavy atom. The maximum atomic E-state index is 11.4. The van der Waals surface area contributed by atoms with E-state index in [0.29, 0.717) is 33.0 Å². The number of hydrogen-bond acceptors (Lipinski definition) is 8. The summed E-state index contributed by atoms with van der Waals surface area (Å²) in [6.07, 6.45) is 4.15. The van der Waals surface area contributed by atoms with E-state index in [0.717, 1.165) is 17.4 Å². The van der Waals surface area contributed by atoms with E-state index in [4.69, 9.17) is 27.9 Å². The van der Waals surface area contributed by atoms with Gasteiger partial charge in [-0.05, 0) is 42.8 Å². The van der Waals surface area contributed by atoms with Gasteiger partial charge in [-0.15, -0.1) is 11.6 Å². The number of fused-ring (bicyclic) bond motifs is 1. The van der Waals surface area contributed by atoms with Crippen LogP contribution in [0.15, 0.2) is 54.3 Å². The average molecular weight is 533 g/mol. The van der Waals surface area contributed by atoms with Crippen LogP contribution in [0.25, 0.3) is 10.9 Å². The molecule has 0 spiro atoms. The van der Waals surface area contributed by atoms with Crippen molar-refractivity contribution in [3.63, 3.8) is 0 Å². The highest BCUT2D eigenvalue weighted by Gasteiger charge is 2.15. The normalized spacial score (nSPS) is 12.6. The van der Waals surface area contributed by atoms with Gasteiger partial charge in [-0.1, -0.05) is 24.2 Å². The lowest BCUT2D eigenvalue weighted by atomic mass is 10.0. The van der Waals surface area contributed by atoms with E-state index in [1.54, 1.807) is 30.3 Å². The molecule has 0 aliphatic heterocycles. The number of hydrogen-bond donors (Lipinski definition) is 2. The molecule has 0 radical (unpaired) electrons. The molecule has 35 heavy (non-hydrogen) atoms. The third kappa shape index (κ3) is 6.82. The summed E-state index contributed by atoms with van der Waals surface area (Å²) in [6, 6.07) is 10.6. The maximum absolute atomic E-state index is 11.4. The fraction of sp³-hybridized carbons (Fsp3) is 0.217. The number of halogens is 2. The highest BCUT2D eigenvalue weighted by Crippen LogP contribution is 2.32. The highest BCUT2D eigenvalue weighted by atomic mass is 35.5. The van der Waals surface area contributed by atoms with Crippen molar-refractivity contribution in [2.45, 2.75) is 13.0 Å². The second kappa shape index (κ2) is 11.4. The number of hydrazone groups is 1. The Balaban J connectivity index is 1.83. The summed E-state index contributed by atoms with van der Waals surface area (Å²) < 4.78 is 30.5. The van der Waals surface area contributed by atoms with Crippen LogP contribution >= 0.6 is 23.2 Å². The van der Waals surface area contributed by atoms with Crippen molar-refractivity contribution in [2.24, 2.45) is 5.10 Å². The van der Waals surface area contributed by atoms with E-state index >= 15 is 0 Å². The van der Waals surface area contributed by atoms with Gasteiger partial charge >= 0.3 is 0 Å². The van der Waals surface area contributed by atoms with Crippen molar-refractivity contribution < 1.29 is 13.2 Å². The van der Waals surface area contributed by atoms with Gasteiger partial charge in [0.2, 0.25) is 16.0 Å². The minimum atomic E-state index is -3.48. The summed E-state index contributed by atoms with van der Waals surface area (Å²) >= 11 is 12.0. The summed E-state index contributed by atoms with van der Waals surface area (Å²) in [4.78, 5) is 8.26. The molecule has 2 N–H and O–H groups in total. The van der Waals surface area contributed by atoms with Crippen LogP contribution in [-0.2, 0) is 10.0 Å². The second-order valence-electron chi connectivity index (χ2n) is 7.42. The molecule has 0 aliphatic rings. The van der Waals surface area contributed by atoms with E-state index in [1.807, 2.05) is 13.0 Å². The number of aromatic nitrogens is 2. The molecule has 0 saturated carbocycles. The first-order chi connectivity index (χ1) is 16.6. The summed E-state index contributed by atoms with van der Waals surface area (Å²) in [6.45, 7) is 5.95. The van der Waals surface area contributed by atoms with Gasteiger partial charge in [-0.3, -0.25) is 4.72 Å². The molecule has 0 bridgehead atoms. The van der Waals surface area contributed by atoms with E-state index in [9.17, 15) is 13.7 Å². The van der Waals surface area contributed by atoms with Crippen LogP contribution in [0.4, 0.5) is 5.95 Å². The van der Waals surface area contributed by atoms with Crippen LogP contribution in [0.5, 0.6) is 5.75 Å². The van der Waals surface area contributed by atoms with Crippen molar-refractivity contribution in [1.82, 2.24) is 15.4 Å². The first kappa shape index (κ1) is 26.2. The third-order valence-corrected chi connectivity index (χ3v) is 5.72. The number of nitriles is 1. The summed E-state index contributed by atoms with van der Waals surface area (Å²) in [5, 5.41) is 15.0.